The molecule has 10 heteroatoms. The van der Waals surface area contributed by atoms with Crippen LogP contribution in [0.3, 0.4) is 0 Å². The van der Waals surface area contributed by atoms with E-state index in [-0.39, 0.29) is 17.2 Å². The molecule has 1 amide bonds. The van der Waals surface area contributed by atoms with Gasteiger partial charge in [0.05, 0.1) is 30.9 Å². The van der Waals surface area contributed by atoms with Crippen molar-refractivity contribution >= 4 is 33.2 Å². The van der Waals surface area contributed by atoms with E-state index in [4.69, 9.17) is 25.8 Å². The number of ether oxygens (including phenoxy) is 3. The van der Waals surface area contributed by atoms with E-state index < -0.39 is 15.9 Å². The molecule has 0 unspecified atom stereocenters. The minimum Gasteiger partial charge on any atom is -0.493 e. The summed E-state index contributed by atoms with van der Waals surface area (Å²) in [5.41, 5.74) is 0.318. The van der Waals surface area contributed by atoms with Crippen LogP contribution in [0.15, 0.2) is 47.4 Å². The first-order valence-corrected chi connectivity index (χ1v) is 13.1. The maximum Gasteiger partial charge on any atom is 0.264 e. The number of sulfonamides is 1. The lowest BCUT2D eigenvalue weighted by Crippen LogP contribution is -2.41. The van der Waals surface area contributed by atoms with E-state index in [1.165, 1.54) is 45.3 Å². The maximum absolute atomic E-state index is 13.5. The van der Waals surface area contributed by atoms with Gasteiger partial charge >= 0.3 is 0 Å². The van der Waals surface area contributed by atoms with Crippen LogP contribution in [0, 0.1) is 0 Å². The third-order valence-corrected chi connectivity index (χ3v) is 7.67. The topological polar surface area (TPSA) is 94.2 Å². The summed E-state index contributed by atoms with van der Waals surface area (Å²) in [6, 6.07) is 10.6. The Labute approximate surface area is 206 Å². The van der Waals surface area contributed by atoms with E-state index in [0.29, 0.717) is 42.1 Å². The smallest absolute Gasteiger partial charge is 0.264 e. The molecule has 0 bridgehead atoms. The van der Waals surface area contributed by atoms with Gasteiger partial charge in [-0.1, -0.05) is 24.4 Å². The second-order valence-electron chi connectivity index (χ2n) is 7.99. The number of amides is 1. The molecule has 1 saturated carbocycles. The van der Waals surface area contributed by atoms with Crippen molar-refractivity contribution in [1.82, 2.24) is 5.32 Å². The molecule has 0 heterocycles. The lowest BCUT2D eigenvalue weighted by molar-refractivity contribution is -0.119. The van der Waals surface area contributed by atoms with Crippen LogP contribution in [0.25, 0.3) is 0 Å². The number of benzene rings is 2. The molecule has 1 aliphatic rings. The van der Waals surface area contributed by atoms with E-state index in [1.54, 1.807) is 24.3 Å². The third-order valence-electron chi connectivity index (χ3n) is 5.64. The molecule has 34 heavy (non-hydrogen) atoms. The van der Waals surface area contributed by atoms with Crippen molar-refractivity contribution in [3.8, 4) is 11.5 Å². The summed E-state index contributed by atoms with van der Waals surface area (Å²) >= 11 is 5.98. The highest BCUT2D eigenvalue weighted by Gasteiger charge is 2.28. The summed E-state index contributed by atoms with van der Waals surface area (Å²) in [5, 5.41) is 3.25. The molecule has 2 aromatic rings. The fourth-order valence-corrected chi connectivity index (χ4v) is 5.38. The second-order valence-corrected chi connectivity index (χ2v) is 10.3. The van der Waals surface area contributed by atoms with Crippen LogP contribution in [0.5, 0.6) is 11.5 Å². The van der Waals surface area contributed by atoms with Gasteiger partial charge in [-0.15, -0.1) is 0 Å². The average Bonchev–Trinajstić information content (AvgIpc) is 3.36. The first kappa shape index (κ1) is 26.1. The van der Waals surface area contributed by atoms with E-state index in [9.17, 15) is 13.2 Å². The monoisotopic (exact) mass is 510 g/mol. The van der Waals surface area contributed by atoms with Crippen LogP contribution in [0.1, 0.15) is 32.1 Å². The van der Waals surface area contributed by atoms with Gasteiger partial charge in [0.1, 0.15) is 6.54 Å². The van der Waals surface area contributed by atoms with Gasteiger partial charge in [-0.2, -0.15) is 0 Å². The number of nitrogens with one attached hydrogen (secondary N) is 1. The van der Waals surface area contributed by atoms with E-state index in [1.807, 2.05) is 0 Å². The first-order chi connectivity index (χ1) is 16.3. The molecular formula is C24H31ClN2O6S. The summed E-state index contributed by atoms with van der Waals surface area (Å²) in [4.78, 5) is 12.7. The van der Waals surface area contributed by atoms with Crippen LogP contribution in [-0.4, -0.2) is 54.3 Å². The number of nitrogens with zero attached hydrogens (tertiary/aromatic N) is 1. The Morgan fingerprint density at radius 2 is 1.74 bits per heavy atom. The number of hydrogen-bond acceptors (Lipinski definition) is 6. The molecule has 0 aromatic heterocycles. The van der Waals surface area contributed by atoms with Gasteiger partial charge in [0.15, 0.2) is 11.5 Å². The molecule has 3 rings (SSSR count). The molecule has 0 spiro atoms. The molecular weight excluding hydrogens is 480 g/mol. The summed E-state index contributed by atoms with van der Waals surface area (Å²) < 4.78 is 44.4. The zero-order valence-corrected chi connectivity index (χ0v) is 21.0. The zero-order chi connectivity index (χ0) is 24.6. The fraction of sp³-hybridized carbons (Fsp3) is 0.458. The number of hydrogen-bond donors (Lipinski definition) is 1. The molecule has 0 aliphatic heterocycles. The average molecular weight is 511 g/mol. The third kappa shape index (κ3) is 6.77. The summed E-state index contributed by atoms with van der Waals surface area (Å²) in [6.07, 6.45) is 5.58. The lowest BCUT2D eigenvalue weighted by Gasteiger charge is -2.24. The maximum atomic E-state index is 13.5. The highest BCUT2D eigenvalue weighted by Crippen LogP contribution is 2.32. The molecule has 8 nitrogen and oxygen atoms in total. The van der Waals surface area contributed by atoms with Gasteiger partial charge in [-0.3, -0.25) is 9.10 Å². The van der Waals surface area contributed by atoms with Crippen molar-refractivity contribution in [2.24, 2.45) is 0 Å². The van der Waals surface area contributed by atoms with Gasteiger partial charge < -0.3 is 19.5 Å². The SMILES string of the molecule is COc1ccc(S(=O)(=O)N(CC(=O)NCCCOC2CCCC2)c2ccc(Cl)cc2)cc1OC. The molecule has 1 fully saturated rings. The van der Waals surface area contributed by atoms with Crippen molar-refractivity contribution in [3.63, 3.8) is 0 Å². The number of carbonyl (C=O) groups excluding carboxylic acids is 1. The number of carbonyl (C=O) groups is 1. The van der Waals surface area contributed by atoms with Gasteiger partial charge in [0.2, 0.25) is 5.91 Å². The molecule has 1 N–H and O–H groups in total. The number of anilines is 1. The van der Waals surface area contributed by atoms with Crippen molar-refractivity contribution in [1.29, 1.82) is 0 Å². The van der Waals surface area contributed by atoms with Crippen LogP contribution < -0.4 is 19.1 Å². The van der Waals surface area contributed by atoms with Crippen LogP contribution in [-0.2, 0) is 19.6 Å². The minimum atomic E-state index is -4.10. The first-order valence-electron chi connectivity index (χ1n) is 11.2. The van der Waals surface area contributed by atoms with E-state index in [0.717, 1.165) is 17.1 Å². The lowest BCUT2D eigenvalue weighted by atomic mass is 10.3. The van der Waals surface area contributed by atoms with Crippen molar-refractivity contribution in [3.05, 3.63) is 47.5 Å². The Kier molecular flexibility index (Phi) is 9.44. The minimum absolute atomic E-state index is 0.0298. The summed E-state index contributed by atoms with van der Waals surface area (Å²) in [6.45, 7) is 0.577. The molecule has 0 saturated heterocycles. The molecule has 1 aliphatic carbocycles. The molecule has 186 valence electrons. The van der Waals surface area contributed by atoms with Crippen molar-refractivity contribution in [2.75, 3.05) is 38.2 Å². The Morgan fingerprint density at radius 3 is 2.38 bits per heavy atom. The largest absolute Gasteiger partial charge is 0.493 e. The zero-order valence-electron chi connectivity index (χ0n) is 19.5. The standard InChI is InChI=1S/C24H31ClN2O6S/c1-31-22-13-12-21(16-23(22)32-2)34(29,30)27(19-10-8-18(25)9-11-19)17-24(28)26-14-5-15-33-20-6-3-4-7-20/h8-13,16,20H,3-7,14-15,17H2,1-2H3,(H,26,28). The Morgan fingerprint density at radius 1 is 1.06 bits per heavy atom. The van der Waals surface area contributed by atoms with Gasteiger partial charge in [0.25, 0.3) is 10.0 Å². The Balaban J connectivity index is 1.72. The summed E-state index contributed by atoms with van der Waals surface area (Å²) in [5.74, 6) is 0.253. The van der Waals surface area contributed by atoms with E-state index >= 15 is 0 Å². The second kappa shape index (κ2) is 12.3. The number of halogens is 1. The van der Waals surface area contributed by atoms with Crippen molar-refractivity contribution < 1.29 is 27.4 Å². The number of rotatable bonds is 12. The fourth-order valence-electron chi connectivity index (χ4n) is 3.82. The highest BCUT2D eigenvalue weighted by atomic mass is 35.5. The molecule has 0 radical (unpaired) electrons. The van der Waals surface area contributed by atoms with Crippen molar-refractivity contribution in [2.45, 2.75) is 43.1 Å². The Hall–Kier alpha value is -2.49. The Bertz CT molecular complexity index is 1060. The highest BCUT2D eigenvalue weighted by molar-refractivity contribution is 7.92. The van der Waals surface area contributed by atoms with Gasteiger partial charge in [0, 0.05) is 24.2 Å². The number of methoxy groups -OCH3 is 2. The predicted molar refractivity (Wildman–Crippen MR) is 131 cm³/mol. The molecule has 0 atom stereocenters. The predicted octanol–water partition coefficient (Wildman–Crippen LogP) is 4.02. The van der Waals surface area contributed by atoms with Gasteiger partial charge in [-0.25, -0.2) is 8.42 Å². The normalized spacial score (nSPS) is 14.1. The summed E-state index contributed by atoms with van der Waals surface area (Å²) in [7, 11) is -1.20. The van der Waals surface area contributed by atoms with Crippen LogP contribution in [0.2, 0.25) is 5.02 Å². The van der Waals surface area contributed by atoms with Crippen LogP contribution in [0.4, 0.5) is 5.69 Å². The van der Waals surface area contributed by atoms with E-state index in [2.05, 4.69) is 5.32 Å². The quantitative estimate of drug-likeness (QED) is 0.433. The van der Waals surface area contributed by atoms with Crippen LogP contribution >= 0.6 is 11.6 Å². The molecule has 2 aromatic carbocycles. The van der Waals surface area contributed by atoms with Gasteiger partial charge in [-0.05, 0) is 55.7 Å².